The van der Waals surface area contributed by atoms with E-state index >= 15 is 0 Å². The summed E-state index contributed by atoms with van der Waals surface area (Å²) in [6, 6.07) is 5.43. The van der Waals surface area contributed by atoms with Crippen molar-refractivity contribution in [1.82, 2.24) is 9.55 Å². The van der Waals surface area contributed by atoms with E-state index in [0.29, 0.717) is 5.02 Å². The largest absolute Gasteiger partial charge is 0.478 e. The Balaban J connectivity index is 2.10. The van der Waals surface area contributed by atoms with Gasteiger partial charge in [0.2, 0.25) is 0 Å². The van der Waals surface area contributed by atoms with Crippen LogP contribution in [0.4, 0.5) is 0 Å². The molecule has 108 valence electrons. The quantitative estimate of drug-likeness (QED) is 0.883. The normalized spacial score (nSPS) is 14.3. The third-order valence-electron chi connectivity index (χ3n) is 3.69. The lowest BCUT2D eigenvalue weighted by Crippen LogP contribution is -2.07. The van der Waals surface area contributed by atoms with Crippen LogP contribution in [0.15, 0.2) is 30.6 Å². The van der Waals surface area contributed by atoms with Crippen LogP contribution in [0.25, 0.3) is 11.8 Å². The van der Waals surface area contributed by atoms with Gasteiger partial charge in [0.25, 0.3) is 0 Å². The number of carboxylic acids is 1. The Kier molecular flexibility index (Phi) is 3.80. The Labute approximate surface area is 127 Å². The second-order valence-electron chi connectivity index (χ2n) is 5.09. The van der Waals surface area contributed by atoms with Crippen LogP contribution >= 0.6 is 11.6 Å². The van der Waals surface area contributed by atoms with Gasteiger partial charge < -0.3 is 9.67 Å². The summed E-state index contributed by atoms with van der Waals surface area (Å²) in [4.78, 5) is 15.2. The Bertz CT molecular complexity index is 719. The summed E-state index contributed by atoms with van der Waals surface area (Å²) in [5.41, 5.74) is 4.02. The highest BCUT2D eigenvalue weighted by Crippen LogP contribution is 2.27. The van der Waals surface area contributed by atoms with Crippen LogP contribution in [0, 0.1) is 0 Å². The molecular formula is C16H15ClN2O2. The molecule has 0 fully saturated rings. The average Bonchev–Trinajstić information content (AvgIpc) is 2.89. The number of imidazole rings is 1. The fourth-order valence-corrected chi connectivity index (χ4v) is 2.87. The zero-order valence-corrected chi connectivity index (χ0v) is 12.2. The van der Waals surface area contributed by atoms with Crippen LogP contribution in [0.3, 0.4) is 0 Å². The van der Waals surface area contributed by atoms with Gasteiger partial charge in [-0.15, -0.1) is 0 Å². The number of carbonyl (C=O) groups is 1. The summed E-state index contributed by atoms with van der Waals surface area (Å²) in [6.07, 6.45) is 8.84. The van der Waals surface area contributed by atoms with Gasteiger partial charge in [0.05, 0.1) is 17.7 Å². The number of fused-ring (bicyclic) bond motifs is 1. The van der Waals surface area contributed by atoms with E-state index in [4.69, 9.17) is 16.7 Å². The van der Waals surface area contributed by atoms with Crippen molar-refractivity contribution in [1.29, 1.82) is 0 Å². The number of aliphatic carboxylic acids is 1. The molecule has 0 atom stereocenters. The lowest BCUT2D eigenvalue weighted by Gasteiger charge is -2.16. The lowest BCUT2D eigenvalue weighted by atomic mass is 10.0. The maximum atomic E-state index is 10.7. The minimum Gasteiger partial charge on any atom is -0.478 e. The highest BCUT2D eigenvalue weighted by Gasteiger charge is 2.17. The smallest absolute Gasteiger partial charge is 0.328 e. The zero-order chi connectivity index (χ0) is 14.8. The maximum Gasteiger partial charge on any atom is 0.328 e. The first kappa shape index (κ1) is 13.9. The molecule has 1 aliphatic rings. The van der Waals surface area contributed by atoms with Crippen molar-refractivity contribution in [3.8, 4) is 5.69 Å². The Morgan fingerprint density at radius 1 is 1.33 bits per heavy atom. The van der Waals surface area contributed by atoms with Gasteiger partial charge in [-0.1, -0.05) is 17.7 Å². The van der Waals surface area contributed by atoms with E-state index < -0.39 is 5.97 Å². The van der Waals surface area contributed by atoms with E-state index in [2.05, 4.69) is 4.98 Å². The van der Waals surface area contributed by atoms with Crippen molar-refractivity contribution >= 4 is 23.6 Å². The summed E-state index contributed by atoms with van der Waals surface area (Å²) in [5.74, 6) is -0.969. The molecule has 1 heterocycles. The van der Waals surface area contributed by atoms with Gasteiger partial charge in [-0.2, -0.15) is 0 Å². The van der Waals surface area contributed by atoms with Gasteiger partial charge in [0.1, 0.15) is 0 Å². The van der Waals surface area contributed by atoms with Crippen LogP contribution in [0.2, 0.25) is 5.02 Å². The molecule has 0 bridgehead atoms. The highest BCUT2D eigenvalue weighted by atomic mass is 35.5. The number of hydrogen-bond donors (Lipinski definition) is 1. The van der Waals surface area contributed by atoms with Gasteiger partial charge in [0, 0.05) is 16.8 Å². The number of benzene rings is 1. The summed E-state index contributed by atoms with van der Waals surface area (Å²) >= 11 is 6.11. The fourth-order valence-electron chi connectivity index (χ4n) is 2.70. The molecule has 0 saturated heterocycles. The summed E-state index contributed by atoms with van der Waals surface area (Å²) in [6.45, 7) is 0. The van der Waals surface area contributed by atoms with Crippen molar-refractivity contribution in [2.75, 3.05) is 0 Å². The first-order valence-electron chi connectivity index (χ1n) is 6.91. The summed E-state index contributed by atoms with van der Waals surface area (Å²) < 4.78 is 2.03. The molecule has 0 amide bonds. The van der Waals surface area contributed by atoms with E-state index in [1.54, 1.807) is 18.5 Å². The molecule has 1 aromatic heterocycles. The summed E-state index contributed by atoms with van der Waals surface area (Å²) in [5, 5.41) is 9.43. The molecular weight excluding hydrogens is 288 g/mol. The molecule has 0 unspecified atom stereocenters. The molecule has 0 spiro atoms. The van der Waals surface area contributed by atoms with Crippen LogP contribution < -0.4 is 0 Å². The Morgan fingerprint density at radius 3 is 2.95 bits per heavy atom. The SMILES string of the molecule is O=C(O)/C=C/c1ccc(Cl)cc1-n1cnc2c1CCCC2. The van der Waals surface area contributed by atoms with Crippen LogP contribution in [-0.4, -0.2) is 20.6 Å². The molecule has 0 aliphatic heterocycles. The predicted molar refractivity (Wildman–Crippen MR) is 81.9 cm³/mol. The first-order valence-corrected chi connectivity index (χ1v) is 7.29. The monoisotopic (exact) mass is 302 g/mol. The van der Waals surface area contributed by atoms with Crippen molar-refractivity contribution in [3.05, 3.63) is 52.6 Å². The third-order valence-corrected chi connectivity index (χ3v) is 3.92. The van der Waals surface area contributed by atoms with E-state index in [1.165, 1.54) is 12.1 Å². The molecule has 1 aliphatic carbocycles. The number of carboxylic acid groups (broad SMARTS) is 1. The Hall–Kier alpha value is -2.07. The first-order chi connectivity index (χ1) is 10.1. The number of aromatic nitrogens is 2. The minimum absolute atomic E-state index is 0.621. The van der Waals surface area contributed by atoms with Gasteiger partial charge in [0.15, 0.2) is 0 Å². The van der Waals surface area contributed by atoms with Crippen LogP contribution in [-0.2, 0) is 17.6 Å². The molecule has 21 heavy (non-hydrogen) atoms. The Morgan fingerprint density at radius 2 is 2.14 bits per heavy atom. The molecule has 1 aromatic carbocycles. The predicted octanol–water partition coefficient (Wildman–Crippen LogP) is 3.50. The van der Waals surface area contributed by atoms with E-state index in [-0.39, 0.29) is 0 Å². The van der Waals surface area contributed by atoms with E-state index in [9.17, 15) is 4.79 Å². The van der Waals surface area contributed by atoms with Crippen molar-refractivity contribution in [2.24, 2.45) is 0 Å². The van der Waals surface area contributed by atoms with Gasteiger partial charge in [-0.25, -0.2) is 9.78 Å². The second kappa shape index (κ2) is 5.74. The topological polar surface area (TPSA) is 55.1 Å². The minimum atomic E-state index is -0.969. The van der Waals surface area contributed by atoms with Crippen LogP contribution in [0.5, 0.6) is 0 Å². The third kappa shape index (κ3) is 2.85. The molecule has 0 radical (unpaired) electrons. The van der Waals surface area contributed by atoms with E-state index in [1.807, 2.05) is 16.7 Å². The standard InChI is InChI=1S/C16H15ClN2O2/c17-12-7-5-11(6-8-16(20)21)15(9-12)19-10-18-13-3-1-2-4-14(13)19/h5-10H,1-4H2,(H,20,21)/b8-6+. The average molecular weight is 303 g/mol. The second-order valence-corrected chi connectivity index (χ2v) is 5.53. The summed E-state index contributed by atoms with van der Waals surface area (Å²) in [7, 11) is 0. The zero-order valence-electron chi connectivity index (χ0n) is 11.4. The molecule has 5 heteroatoms. The van der Waals surface area contributed by atoms with E-state index in [0.717, 1.165) is 42.3 Å². The van der Waals surface area contributed by atoms with Crippen molar-refractivity contribution in [2.45, 2.75) is 25.7 Å². The number of rotatable bonds is 3. The van der Waals surface area contributed by atoms with Gasteiger partial charge in [-0.3, -0.25) is 0 Å². The number of nitrogens with zero attached hydrogens (tertiary/aromatic N) is 2. The van der Waals surface area contributed by atoms with Crippen molar-refractivity contribution < 1.29 is 9.90 Å². The molecule has 2 aromatic rings. The lowest BCUT2D eigenvalue weighted by molar-refractivity contribution is -0.131. The molecule has 0 saturated carbocycles. The number of hydrogen-bond acceptors (Lipinski definition) is 2. The fraction of sp³-hybridized carbons (Fsp3) is 0.250. The van der Waals surface area contributed by atoms with Gasteiger partial charge in [-0.05, 0) is 49.5 Å². The molecule has 1 N–H and O–H groups in total. The molecule has 3 rings (SSSR count). The maximum absolute atomic E-state index is 10.7. The van der Waals surface area contributed by atoms with Gasteiger partial charge >= 0.3 is 5.97 Å². The molecule has 4 nitrogen and oxygen atoms in total. The number of aryl methyl sites for hydroxylation is 1. The highest BCUT2D eigenvalue weighted by molar-refractivity contribution is 6.30. The van der Waals surface area contributed by atoms with Crippen LogP contribution in [0.1, 0.15) is 29.8 Å². The van der Waals surface area contributed by atoms with Crippen molar-refractivity contribution in [3.63, 3.8) is 0 Å². The number of halogens is 1.